The summed E-state index contributed by atoms with van der Waals surface area (Å²) in [6.45, 7) is 1.43. The number of hydrogen-bond donors (Lipinski definition) is 1. The molecule has 0 unspecified atom stereocenters. The number of alkyl halides is 3. The first-order valence-corrected chi connectivity index (χ1v) is 6.46. The molecular formula is C14H9F5N2O3. The average Bonchev–Trinajstić information content (AvgIpc) is 2.50. The van der Waals surface area contributed by atoms with Crippen LogP contribution in [0.25, 0.3) is 0 Å². The van der Waals surface area contributed by atoms with Crippen LogP contribution in [-0.2, 0) is 12.6 Å². The zero-order chi connectivity index (χ0) is 18.1. The number of hydrogen-bond acceptors (Lipinski definition) is 4. The van der Waals surface area contributed by atoms with Gasteiger partial charge in [0.1, 0.15) is 5.82 Å². The van der Waals surface area contributed by atoms with Gasteiger partial charge in [-0.3, -0.25) is 0 Å². The molecule has 1 aromatic heterocycles. The van der Waals surface area contributed by atoms with Gasteiger partial charge in [0.25, 0.3) is 0 Å². The van der Waals surface area contributed by atoms with Gasteiger partial charge in [0.05, 0.1) is 18.0 Å². The van der Waals surface area contributed by atoms with Crippen LogP contribution in [-0.4, -0.2) is 21.0 Å². The molecule has 2 rings (SSSR count). The first-order chi connectivity index (χ1) is 11.1. The Kier molecular flexibility index (Phi) is 4.67. The van der Waals surface area contributed by atoms with E-state index in [1.807, 2.05) is 0 Å². The summed E-state index contributed by atoms with van der Waals surface area (Å²) in [5.41, 5.74) is -1.24. The molecule has 0 radical (unpaired) electrons. The Bertz CT molecular complexity index is 775. The Balaban J connectivity index is 2.43. The number of benzene rings is 1. The number of rotatable bonds is 4. The number of carboxylic acid groups (broad SMARTS) is 1. The molecule has 1 aromatic carbocycles. The molecule has 0 bridgehead atoms. The van der Waals surface area contributed by atoms with Crippen LogP contribution in [0.5, 0.6) is 11.5 Å². The van der Waals surface area contributed by atoms with Crippen LogP contribution in [0.3, 0.4) is 0 Å². The maximum absolute atomic E-state index is 14.1. The van der Waals surface area contributed by atoms with E-state index in [1.165, 1.54) is 6.92 Å². The molecule has 128 valence electrons. The second-order valence-electron chi connectivity index (χ2n) is 4.53. The molecule has 0 aliphatic carbocycles. The van der Waals surface area contributed by atoms with Crippen LogP contribution >= 0.6 is 0 Å². The summed E-state index contributed by atoms with van der Waals surface area (Å²) in [4.78, 5) is 16.9. The second-order valence-corrected chi connectivity index (χ2v) is 4.53. The largest absolute Gasteiger partial charge is 0.478 e. The average molecular weight is 348 g/mol. The fourth-order valence-electron chi connectivity index (χ4n) is 1.88. The van der Waals surface area contributed by atoms with Crippen LogP contribution in [0, 0.1) is 11.6 Å². The molecule has 2 aromatic rings. The van der Waals surface area contributed by atoms with Gasteiger partial charge in [-0.1, -0.05) is 6.92 Å². The zero-order valence-electron chi connectivity index (χ0n) is 12.0. The lowest BCUT2D eigenvalue weighted by molar-refractivity contribution is -0.145. The van der Waals surface area contributed by atoms with Crippen molar-refractivity contribution in [2.45, 2.75) is 19.5 Å². The third-order valence-corrected chi connectivity index (χ3v) is 2.95. The number of aromatic carboxylic acids is 1. The van der Waals surface area contributed by atoms with E-state index in [0.717, 1.165) is 0 Å². The predicted molar refractivity (Wildman–Crippen MR) is 69.8 cm³/mol. The van der Waals surface area contributed by atoms with E-state index in [-0.39, 0.29) is 17.7 Å². The van der Waals surface area contributed by atoms with E-state index < -0.39 is 40.9 Å². The summed E-state index contributed by atoms with van der Waals surface area (Å²) >= 11 is 0. The maximum Gasteiger partial charge on any atom is 0.451 e. The summed E-state index contributed by atoms with van der Waals surface area (Å²) in [5.74, 6) is -6.44. The lowest BCUT2D eigenvalue weighted by atomic mass is 10.1. The van der Waals surface area contributed by atoms with Crippen molar-refractivity contribution in [2.75, 3.05) is 0 Å². The molecule has 0 atom stereocenters. The molecule has 1 N–H and O–H groups in total. The predicted octanol–water partition coefficient (Wildman–Crippen LogP) is 3.83. The minimum Gasteiger partial charge on any atom is -0.478 e. The highest BCUT2D eigenvalue weighted by molar-refractivity contribution is 5.88. The SMILES string of the molecule is CCc1c(F)c(C(=O)O)cc(F)c1Oc1cnc(C(F)(F)F)nc1. The van der Waals surface area contributed by atoms with Crippen LogP contribution < -0.4 is 4.74 Å². The van der Waals surface area contributed by atoms with Crippen LogP contribution in [0.4, 0.5) is 22.0 Å². The van der Waals surface area contributed by atoms with Crippen molar-refractivity contribution in [3.63, 3.8) is 0 Å². The van der Waals surface area contributed by atoms with Gasteiger partial charge in [0.2, 0.25) is 5.82 Å². The maximum atomic E-state index is 14.1. The number of nitrogens with zero attached hydrogens (tertiary/aromatic N) is 2. The van der Waals surface area contributed by atoms with Crippen LogP contribution in [0.2, 0.25) is 0 Å². The quantitative estimate of drug-likeness (QED) is 0.851. The van der Waals surface area contributed by atoms with E-state index in [9.17, 15) is 26.7 Å². The fraction of sp³-hybridized carbons (Fsp3) is 0.214. The fourth-order valence-corrected chi connectivity index (χ4v) is 1.88. The molecule has 1 heterocycles. The molecule has 0 saturated carbocycles. The molecule has 0 aliphatic heterocycles. The van der Waals surface area contributed by atoms with Gasteiger partial charge >= 0.3 is 12.1 Å². The van der Waals surface area contributed by atoms with Crippen LogP contribution in [0.15, 0.2) is 18.5 Å². The molecular weight excluding hydrogens is 339 g/mol. The molecule has 0 saturated heterocycles. The summed E-state index contributed by atoms with van der Waals surface area (Å²) in [6.07, 6.45) is -3.57. The van der Waals surface area contributed by atoms with E-state index in [0.29, 0.717) is 18.5 Å². The van der Waals surface area contributed by atoms with Crippen molar-refractivity contribution in [1.29, 1.82) is 0 Å². The topological polar surface area (TPSA) is 72.3 Å². The Morgan fingerprint density at radius 2 is 1.83 bits per heavy atom. The standard InChI is InChI=1S/C14H9F5N2O3/c1-2-7-10(16)8(12(22)23)3-9(15)11(7)24-6-4-20-13(21-5-6)14(17,18)19/h3-5H,2H2,1H3,(H,22,23). The number of ether oxygens (including phenoxy) is 1. The van der Waals surface area contributed by atoms with Crippen LogP contribution in [0.1, 0.15) is 28.7 Å². The summed E-state index contributed by atoms with van der Waals surface area (Å²) in [6, 6.07) is 0.428. The monoisotopic (exact) mass is 348 g/mol. The summed E-state index contributed by atoms with van der Waals surface area (Å²) < 4.78 is 70.2. The number of halogens is 5. The van der Waals surface area contributed by atoms with E-state index in [1.54, 1.807) is 0 Å². The normalized spacial score (nSPS) is 11.4. The van der Waals surface area contributed by atoms with Crippen molar-refractivity contribution < 1.29 is 36.6 Å². The van der Waals surface area contributed by atoms with Gasteiger partial charge in [-0.25, -0.2) is 23.5 Å². The number of carbonyl (C=O) groups is 1. The van der Waals surface area contributed by atoms with Gasteiger partial charge in [0.15, 0.2) is 17.3 Å². The van der Waals surface area contributed by atoms with Gasteiger partial charge in [-0.05, 0) is 12.5 Å². The van der Waals surface area contributed by atoms with E-state index >= 15 is 0 Å². The Labute approximate surface area is 131 Å². The highest BCUT2D eigenvalue weighted by Gasteiger charge is 2.34. The Morgan fingerprint density at radius 1 is 1.25 bits per heavy atom. The lowest BCUT2D eigenvalue weighted by Crippen LogP contribution is -2.11. The second kappa shape index (κ2) is 6.38. The van der Waals surface area contributed by atoms with E-state index in [2.05, 4.69) is 9.97 Å². The minimum atomic E-state index is -4.76. The van der Waals surface area contributed by atoms with E-state index in [4.69, 9.17) is 9.84 Å². The van der Waals surface area contributed by atoms with Gasteiger partial charge < -0.3 is 9.84 Å². The highest BCUT2D eigenvalue weighted by atomic mass is 19.4. The minimum absolute atomic E-state index is 0.110. The molecule has 24 heavy (non-hydrogen) atoms. The molecule has 0 fully saturated rings. The zero-order valence-corrected chi connectivity index (χ0v) is 12.0. The summed E-state index contributed by atoms with van der Waals surface area (Å²) in [5, 5.41) is 8.82. The van der Waals surface area contributed by atoms with Gasteiger partial charge in [0, 0.05) is 5.56 Å². The Hall–Kier alpha value is -2.78. The van der Waals surface area contributed by atoms with Crippen molar-refractivity contribution >= 4 is 5.97 Å². The Morgan fingerprint density at radius 3 is 2.29 bits per heavy atom. The lowest BCUT2D eigenvalue weighted by Gasteiger charge is -2.13. The first-order valence-electron chi connectivity index (χ1n) is 6.46. The van der Waals surface area contributed by atoms with Crippen molar-refractivity contribution in [2.24, 2.45) is 0 Å². The van der Waals surface area contributed by atoms with Gasteiger partial charge in [-0.15, -0.1) is 0 Å². The highest BCUT2D eigenvalue weighted by Crippen LogP contribution is 2.33. The molecule has 0 amide bonds. The van der Waals surface area contributed by atoms with Crippen molar-refractivity contribution in [3.05, 3.63) is 47.0 Å². The van der Waals surface area contributed by atoms with Crippen molar-refractivity contribution in [3.8, 4) is 11.5 Å². The number of aromatic nitrogens is 2. The molecule has 0 aliphatic rings. The smallest absolute Gasteiger partial charge is 0.451 e. The number of carboxylic acids is 1. The molecule has 10 heteroatoms. The molecule has 0 spiro atoms. The van der Waals surface area contributed by atoms with Gasteiger partial charge in [-0.2, -0.15) is 13.2 Å². The molecule has 5 nitrogen and oxygen atoms in total. The summed E-state index contributed by atoms with van der Waals surface area (Å²) in [7, 11) is 0. The van der Waals surface area contributed by atoms with Crippen molar-refractivity contribution in [1.82, 2.24) is 9.97 Å². The first kappa shape index (κ1) is 17.6. The third kappa shape index (κ3) is 3.42. The third-order valence-electron chi connectivity index (χ3n) is 2.95.